The summed E-state index contributed by atoms with van der Waals surface area (Å²) >= 11 is 0. The number of aromatic nitrogens is 3. The van der Waals surface area contributed by atoms with E-state index in [0.29, 0.717) is 17.8 Å². The number of esters is 1. The van der Waals surface area contributed by atoms with Gasteiger partial charge in [-0.2, -0.15) is 10.4 Å². The molecule has 7 heteroatoms. The molecule has 2 heterocycles. The van der Waals surface area contributed by atoms with Crippen molar-refractivity contribution in [3.05, 3.63) is 41.5 Å². The van der Waals surface area contributed by atoms with Gasteiger partial charge in [0.2, 0.25) is 0 Å². The molecule has 0 aromatic carbocycles. The summed E-state index contributed by atoms with van der Waals surface area (Å²) < 4.78 is 6.34. The summed E-state index contributed by atoms with van der Waals surface area (Å²) in [5.74, 6) is -0.560. The Morgan fingerprint density at radius 2 is 2.40 bits per heavy atom. The molecule has 0 bridgehead atoms. The number of carbonyl (C=O) groups excluding carboxylic acids is 1. The summed E-state index contributed by atoms with van der Waals surface area (Å²) in [6.07, 6.45) is 3.07. The van der Waals surface area contributed by atoms with Crippen LogP contribution in [0, 0.1) is 11.3 Å². The Morgan fingerprint density at radius 3 is 3.10 bits per heavy atom. The maximum Gasteiger partial charge on any atom is 0.361 e. The van der Waals surface area contributed by atoms with Gasteiger partial charge in [0.15, 0.2) is 5.69 Å². The number of anilines is 1. The minimum atomic E-state index is -0.560. The fourth-order valence-electron chi connectivity index (χ4n) is 1.72. The van der Waals surface area contributed by atoms with Gasteiger partial charge < -0.3 is 10.5 Å². The van der Waals surface area contributed by atoms with Crippen LogP contribution in [0.15, 0.2) is 24.5 Å². The zero-order valence-corrected chi connectivity index (χ0v) is 10.9. The predicted molar refractivity (Wildman–Crippen MR) is 70.6 cm³/mol. The van der Waals surface area contributed by atoms with E-state index in [2.05, 4.69) is 10.1 Å². The lowest BCUT2D eigenvalue weighted by Crippen LogP contribution is -2.09. The monoisotopic (exact) mass is 271 g/mol. The van der Waals surface area contributed by atoms with Crippen molar-refractivity contribution in [2.45, 2.75) is 13.5 Å². The summed E-state index contributed by atoms with van der Waals surface area (Å²) in [5.41, 5.74) is 7.07. The van der Waals surface area contributed by atoms with E-state index in [0.717, 1.165) is 0 Å². The quantitative estimate of drug-likeness (QED) is 0.830. The summed E-state index contributed by atoms with van der Waals surface area (Å²) in [4.78, 5) is 15.6. The summed E-state index contributed by atoms with van der Waals surface area (Å²) in [7, 11) is 0. The first-order chi connectivity index (χ1) is 9.65. The third kappa shape index (κ3) is 2.75. The van der Waals surface area contributed by atoms with Crippen LogP contribution in [0.3, 0.4) is 0 Å². The number of nitriles is 1. The normalized spacial score (nSPS) is 10.0. The minimum absolute atomic E-state index is 0.0780. The molecule has 0 aliphatic carbocycles. The largest absolute Gasteiger partial charge is 0.461 e. The van der Waals surface area contributed by atoms with Crippen LogP contribution in [-0.2, 0) is 11.3 Å². The zero-order chi connectivity index (χ0) is 14.5. The second-order valence-electron chi connectivity index (χ2n) is 3.97. The van der Waals surface area contributed by atoms with Crippen molar-refractivity contribution in [1.29, 1.82) is 5.26 Å². The lowest BCUT2D eigenvalue weighted by molar-refractivity contribution is 0.0519. The van der Waals surface area contributed by atoms with Crippen LogP contribution < -0.4 is 5.73 Å². The molecule has 0 unspecified atom stereocenters. The second-order valence-corrected chi connectivity index (χ2v) is 3.97. The van der Waals surface area contributed by atoms with Crippen molar-refractivity contribution in [3.63, 3.8) is 0 Å². The van der Waals surface area contributed by atoms with Gasteiger partial charge in [-0.1, -0.05) is 6.07 Å². The van der Waals surface area contributed by atoms with Gasteiger partial charge in [0, 0.05) is 18.0 Å². The Kier molecular flexibility index (Phi) is 3.96. The Bertz CT molecular complexity index is 672. The lowest BCUT2D eigenvalue weighted by Gasteiger charge is -2.02. The molecule has 0 aliphatic rings. The topological polar surface area (TPSA) is 107 Å². The van der Waals surface area contributed by atoms with Gasteiger partial charge in [-0.3, -0.25) is 4.68 Å². The van der Waals surface area contributed by atoms with Crippen molar-refractivity contribution < 1.29 is 9.53 Å². The SMILES string of the molecule is CCOC(=O)c1nn(Cc2cccnc2C#N)cc1N. The lowest BCUT2D eigenvalue weighted by atomic mass is 10.2. The number of ether oxygens (including phenoxy) is 1. The fourth-order valence-corrected chi connectivity index (χ4v) is 1.72. The van der Waals surface area contributed by atoms with Crippen molar-refractivity contribution >= 4 is 11.7 Å². The first-order valence-corrected chi connectivity index (χ1v) is 5.99. The van der Waals surface area contributed by atoms with Crippen molar-refractivity contribution in [3.8, 4) is 6.07 Å². The van der Waals surface area contributed by atoms with Gasteiger partial charge >= 0.3 is 5.97 Å². The van der Waals surface area contributed by atoms with Crippen LogP contribution in [0.5, 0.6) is 0 Å². The molecule has 0 spiro atoms. The Balaban J connectivity index is 2.25. The molecule has 0 radical (unpaired) electrons. The molecule has 2 N–H and O–H groups in total. The van der Waals surface area contributed by atoms with Gasteiger partial charge in [-0.15, -0.1) is 0 Å². The van der Waals surface area contributed by atoms with E-state index in [1.807, 2.05) is 6.07 Å². The van der Waals surface area contributed by atoms with Crippen LogP contribution in [0.4, 0.5) is 5.69 Å². The first kappa shape index (κ1) is 13.5. The van der Waals surface area contributed by atoms with Gasteiger partial charge in [0.25, 0.3) is 0 Å². The van der Waals surface area contributed by atoms with Crippen molar-refractivity contribution in [1.82, 2.24) is 14.8 Å². The van der Waals surface area contributed by atoms with Gasteiger partial charge in [-0.05, 0) is 13.0 Å². The number of nitrogens with two attached hydrogens (primary N) is 1. The number of pyridine rings is 1. The first-order valence-electron chi connectivity index (χ1n) is 5.99. The van der Waals surface area contributed by atoms with Crippen LogP contribution in [-0.4, -0.2) is 27.3 Å². The van der Waals surface area contributed by atoms with Crippen LogP contribution in [0.25, 0.3) is 0 Å². The number of nitrogen functional groups attached to an aromatic ring is 1. The molecule has 0 saturated carbocycles. The molecule has 20 heavy (non-hydrogen) atoms. The van der Waals surface area contributed by atoms with E-state index >= 15 is 0 Å². The van der Waals surface area contributed by atoms with E-state index in [-0.39, 0.29) is 18.0 Å². The van der Waals surface area contributed by atoms with Crippen molar-refractivity contribution in [2.24, 2.45) is 0 Å². The molecule has 0 atom stereocenters. The molecular formula is C13H13N5O2. The molecule has 0 fully saturated rings. The summed E-state index contributed by atoms with van der Waals surface area (Å²) in [6, 6.07) is 5.51. The molecule has 0 saturated heterocycles. The number of nitrogens with zero attached hydrogens (tertiary/aromatic N) is 4. The van der Waals surface area contributed by atoms with E-state index in [4.69, 9.17) is 15.7 Å². The van der Waals surface area contributed by atoms with Gasteiger partial charge in [-0.25, -0.2) is 9.78 Å². The molecule has 0 aliphatic heterocycles. The molecule has 0 amide bonds. The molecule has 2 aromatic rings. The van der Waals surface area contributed by atoms with Gasteiger partial charge in [0.05, 0.1) is 18.8 Å². The molecule has 2 rings (SSSR count). The van der Waals surface area contributed by atoms with Crippen molar-refractivity contribution in [2.75, 3.05) is 12.3 Å². The third-order valence-corrected chi connectivity index (χ3v) is 2.59. The van der Waals surface area contributed by atoms with E-state index in [9.17, 15) is 4.79 Å². The smallest absolute Gasteiger partial charge is 0.361 e. The highest BCUT2D eigenvalue weighted by Gasteiger charge is 2.16. The minimum Gasteiger partial charge on any atom is -0.461 e. The standard InChI is InChI=1S/C13H13N5O2/c1-2-20-13(19)12-10(15)8-18(17-12)7-9-4-3-5-16-11(9)6-14/h3-5,8H,2,7,15H2,1H3. The fraction of sp³-hybridized carbons (Fsp3) is 0.231. The molecule has 2 aromatic heterocycles. The Morgan fingerprint density at radius 1 is 1.60 bits per heavy atom. The summed E-state index contributed by atoms with van der Waals surface area (Å²) in [5, 5.41) is 13.1. The summed E-state index contributed by atoms with van der Waals surface area (Å²) in [6.45, 7) is 2.27. The van der Waals surface area contributed by atoms with Crippen LogP contribution in [0.2, 0.25) is 0 Å². The van der Waals surface area contributed by atoms with Crippen LogP contribution in [0.1, 0.15) is 28.7 Å². The Hall–Kier alpha value is -2.88. The zero-order valence-electron chi connectivity index (χ0n) is 10.9. The second kappa shape index (κ2) is 5.84. The maximum atomic E-state index is 11.6. The molecule has 102 valence electrons. The molecule has 7 nitrogen and oxygen atoms in total. The Labute approximate surface area is 115 Å². The predicted octanol–water partition coefficient (Wildman–Crippen LogP) is 0.957. The number of hydrogen-bond donors (Lipinski definition) is 1. The average molecular weight is 271 g/mol. The number of hydrogen-bond acceptors (Lipinski definition) is 6. The highest BCUT2D eigenvalue weighted by Crippen LogP contribution is 2.13. The van der Waals surface area contributed by atoms with E-state index in [1.165, 1.54) is 10.9 Å². The van der Waals surface area contributed by atoms with E-state index < -0.39 is 5.97 Å². The molecular weight excluding hydrogens is 258 g/mol. The highest BCUT2D eigenvalue weighted by molar-refractivity contribution is 5.92. The highest BCUT2D eigenvalue weighted by atomic mass is 16.5. The van der Waals surface area contributed by atoms with Gasteiger partial charge in [0.1, 0.15) is 11.8 Å². The number of carbonyl (C=O) groups is 1. The van der Waals surface area contributed by atoms with Crippen LogP contribution >= 0.6 is 0 Å². The average Bonchev–Trinajstić information content (AvgIpc) is 2.80. The maximum absolute atomic E-state index is 11.6. The number of rotatable bonds is 4. The third-order valence-electron chi connectivity index (χ3n) is 2.59. The van der Waals surface area contributed by atoms with E-state index in [1.54, 1.807) is 25.3 Å².